The summed E-state index contributed by atoms with van der Waals surface area (Å²) >= 11 is 0. The molecular weight excluding hydrogens is 426 g/mol. The second-order valence-corrected chi connectivity index (χ2v) is 8.97. The highest BCUT2D eigenvalue weighted by Crippen LogP contribution is 2.18. The maximum absolute atomic E-state index is 12.9. The molecule has 7 nitrogen and oxygen atoms in total. The van der Waals surface area contributed by atoms with Crippen molar-refractivity contribution >= 4 is 37.2 Å². The molecule has 2 amide bonds. The van der Waals surface area contributed by atoms with Crippen molar-refractivity contribution in [2.75, 3.05) is 5.32 Å². The van der Waals surface area contributed by atoms with Crippen LogP contribution in [-0.2, 0) is 20.3 Å². The summed E-state index contributed by atoms with van der Waals surface area (Å²) in [5.41, 5.74) is 1.57. The molecule has 1 atom stereocenters. The number of hydrogen-bond acceptors (Lipinski definition) is 5. The highest BCUT2D eigenvalue weighted by atomic mass is 35.7. The van der Waals surface area contributed by atoms with Crippen LogP contribution in [0.4, 0.5) is 5.69 Å². The number of carbonyl (C=O) groups excluding carboxylic acids is 2. The van der Waals surface area contributed by atoms with Crippen molar-refractivity contribution in [3.05, 3.63) is 90.3 Å². The van der Waals surface area contributed by atoms with Gasteiger partial charge in [0.15, 0.2) is 0 Å². The first-order valence-electron chi connectivity index (χ1n) is 8.93. The SMILES string of the molecule is O=C(NC(Cc1ccccc1)C(=O)Nc1ccc(S(=O)(=O)Cl)cc1)c1cccnc1. The van der Waals surface area contributed by atoms with Crippen molar-refractivity contribution in [3.63, 3.8) is 0 Å². The van der Waals surface area contributed by atoms with E-state index in [1.54, 1.807) is 18.3 Å². The Morgan fingerprint density at radius 1 is 0.967 bits per heavy atom. The van der Waals surface area contributed by atoms with E-state index in [1.165, 1.54) is 30.5 Å². The molecule has 3 rings (SSSR count). The Morgan fingerprint density at radius 3 is 2.27 bits per heavy atom. The van der Waals surface area contributed by atoms with Crippen molar-refractivity contribution in [1.29, 1.82) is 0 Å². The molecule has 0 aliphatic rings. The number of pyridine rings is 1. The normalized spacial score (nSPS) is 12.0. The number of hydrogen-bond donors (Lipinski definition) is 2. The van der Waals surface area contributed by atoms with E-state index in [9.17, 15) is 18.0 Å². The number of aromatic nitrogens is 1. The molecule has 1 heterocycles. The molecule has 30 heavy (non-hydrogen) atoms. The van der Waals surface area contributed by atoms with Crippen LogP contribution in [0.15, 0.2) is 84.0 Å². The van der Waals surface area contributed by atoms with E-state index in [4.69, 9.17) is 10.7 Å². The van der Waals surface area contributed by atoms with Crippen molar-refractivity contribution < 1.29 is 18.0 Å². The van der Waals surface area contributed by atoms with Gasteiger partial charge in [0, 0.05) is 35.2 Å². The molecule has 0 fully saturated rings. The lowest BCUT2D eigenvalue weighted by atomic mass is 10.0. The summed E-state index contributed by atoms with van der Waals surface area (Å²) in [6.45, 7) is 0. The van der Waals surface area contributed by atoms with E-state index >= 15 is 0 Å². The van der Waals surface area contributed by atoms with E-state index in [0.29, 0.717) is 11.3 Å². The van der Waals surface area contributed by atoms with Crippen LogP contribution in [0.25, 0.3) is 0 Å². The minimum Gasteiger partial charge on any atom is -0.340 e. The molecule has 0 radical (unpaired) electrons. The zero-order chi connectivity index (χ0) is 21.6. The van der Waals surface area contributed by atoms with Gasteiger partial charge in [-0.15, -0.1) is 0 Å². The highest BCUT2D eigenvalue weighted by molar-refractivity contribution is 8.13. The van der Waals surface area contributed by atoms with Crippen molar-refractivity contribution in [1.82, 2.24) is 10.3 Å². The van der Waals surface area contributed by atoms with Crippen LogP contribution in [0, 0.1) is 0 Å². The zero-order valence-electron chi connectivity index (χ0n) is 15.7. The molecule has 154 valence electrons. The lowest BCUT2D eigenvalue weighted by Gasteiger charge is -2.19. The lowest BCUT2D eigenvalue weighted by Crippen LogP contribution is -2.45. The van der Waals surface area contributed by atoms with Gasteiger partial charge in [-0.3, -0.25) is 14.6 Å². The number of halogens is 1. The number of anilines is 1. The quantitative estimate of drug-likeness (QED) is 0.546. The van der Waals surface area contributed by atoms with Crippen molar-refractivity contribution in [2.45, 2.75) is 17.4 Å². The van der Waals surface area contributed by atoms with E-state index in [0.717, 1.165) is 5.56 Å². The number of nitrogens with zero attached hydrogens (tertiary/aromatic N) is 1. The van der Waals surface area contributed by atoms with Crippen molar-refractivity contribution in [2.24, 2.45) is 0 Å². The predicted octanol–water partition coefficient (Wildman–Crippen LogP) is 2.99. The molecule has 0 spiro atoms. The number of carbonyl (C=O) groups is 2. The molecule has 2 N–H and O–H groups in total. The topological polar surface area (TPSA) is 105 Å². The minimum atomic E-state index is -3.86. The fourth-order valence-electron chi connectivity index (χ4n) is 2.73. The molecule has 0 aliphatic carbocycles. The van der Waals surface area contributed by atoms with Gasteiger partial charge < -0.3 is 10.6 Å². The summed E-state index contributed by atoms with van der Waals surface area (Å²) in [4.78, 5) is 29.3. The van der Waals surface area contributed by atoms with Crippen LogP contribution < -0.4 is 10.6 Å². The van der Waals surface area contributed by atoms with Gasteiger partial charge >= 0.3 is 0 Å². The number of rotatable bonds is 7. The average molecular weight is 444 g/mol. The van der Waals surface area contributed by atoms with Gasteiger partial charge in [0.2, 0.25) is 5.91 Å². The van der Waals surface area contributed by atoms with Gasteiger partial charge in [-0.25, -0.2) is 8.42 Å². The second-order valence-electron chi connectivity index (χ2n) is 6.41. The van der Waals surface area contributed by atoms with Crippen LogP contribution in [0.2, 0.25) is 0 Å². The van der Waals surface area contributed by atoms with Crippen LogP contribution in [0.3, 0.4) is 0 Å². The monoisotopic (exact) mass is 443 g/mol. The van der Waals surface area contributed by atoms with Gasteiger partial charge in [-0.2, -0.15) is 0 Å². The Labute approximate surface area is 178 Å². The van der Waals surface area contributed by atoms with Crippen LogP contribution >= 0.6 is 10.7 Å². The Morgan fingerprint density at radius 2 is 1.67 bits per heavy atom. The van der Waals surface area contributed by atoms with E-state index in [1.807, 2.05) is 30.3 Å². The largest absolute Gasteiger partial charge is 0.340 e. The van der Waals surface area contributed by atoms with Gasteiger partial charge in [0.25, 0.3) is 15.0 Å². The third kappa shape index (κ3) is 5.88. The third-order valence-electron chi connectivity index (χ3n) is 4.23. The smallest absolute Gasteiger partial charge is 0.261 e. The third-order valence-corrected chi connectivity index (χ3v) is 5.60. The first-order valence-corrected chi connectivity index (χ1v) is 11.2. The molecule has 1 unspecified atom stereocenters. The second kappa shape index (κ2) is 9.51. The predicted molar refractivity (Wildman–Crippen MR) is 114 cm³/mol. The van der Waals surface area contributed by atoms with Gasteiger partial charge in [-0.1, -0.05) is 30.3 Å². The molecule has 0 aliphatic heterocycles. The molecule has 9 heteroatoms. The maximum atomic E-state index is 12.9. The Bertz CT molecular complexity index is 1120. The molecule has 2 aromatic carbocycles. The molecule has 0 saturated heterocycles. The van der Waals surface area contributed by atoms with Gasteiger partial charge in [0.1, 0.15) is 6.04 Å². The van der Waals surface area contributed by atoms with Crippen LogP contribution in [0.5, 0.6) is 0 Å². The Hall–Kier alpha value is -3.23. The number of amides is 2. The zero-order valence-corrected chi connectivity index (χ0v) is 17.2. The van der Waals surface area contributed by atoms with E-state index in [-0.39, 0.29) is 11.3 Å². The first kappa shape index (κ1) is 21.5. The molecular formula is C21H18ClN3O4S. The van der Waals surface area contributed by atoms with E-state index < -0.39 is 26.9 Å². The van der Waals surface area contributed by atoms with Gasteiger partial charge in [-0.05, 0) is 42.0 Å². The maximum Gasteiger partial charge on any atom is 0.261 e. The van der Waals surface area contributed by atoms with E-state index in [2.05, 4.69) is 15.6 Å². The lowest BCUT2D eigenvalue weighted by molar-refractivity contribution is -0.118. The summed E-state index contributed by atoms with van der Waals surface area (Å²) in [7, 11) is 1.45. The van der Waals surface area contributed by atoms with Gasteiger partial charge in [0.05, 0.1) is 10.5 Å². The molecule has 1 aromatic heterocycles. The number of benzene rings is 2. The summed E-state index contributed by atoms with van der Waals surface area (Å²) < 4.78 is 22.7. The van der Waals surface area contributed by atoms with Crippen molar-refractivity contribution in [3.8, 4) is 0 Å². The Kier molecular flexibility index (Phi) is 6.81. The molecule has 0 bridgehead atoms. The Balaban J connectivity index is 1.78. The molecule has 0 saturated carbocycles. The fraction of sp³-hybridized carbons (Fsp3) is 0.0952. The summed E-state index contributed by atoms with van der Waals surface area (Å²) in [5, 5.41) is 5.42. The molecule has 3 aromatic rings. The first-order chi connectivity index (χ1) is 14.3. The minimum absolute atomic E-state index is 0.0760. The van der Waals surface area contributed by atoms with Crippen LogP contribution in [-0.4, -0.2) is 31.3 Å². The summed E-state index contributed by atoms with van der Waals surface area (Å²) in [6.07, 6.45) is 3.24. The summed E-state index contributed by atoms with van der Waals surface area (Å²) in [5.74, 6) is -0.875. The number of nitrogens with one attached hydrogen (secondary N) is 2. The fourth-order valence-corrected chi connectivity index (χ4v) is 3.50. The summed E-state index contributed by atoms with van der Waals surface area (Å²) in [6, 6.07) is 17.1. The average Bonchev–Trinajstić information content (AvgIpc) is 2.74. The highest BCUT2D eigenvalue weighted by Gasteiger charge is 2.22. The van der Waals surface area contributed by atoms with Crippen LogP contribution in [0.1, 0.15) is 15.9 Å². The standard InChI is InChI=1S/C21H18ClN3O4S/c22-30(28,29)18-10-8-17(9-11-18)24-21(27)19(13-15-5-2-1-3-6-15)25-20(26)16-7-4-12-23-14-16/h1-12,14,19H,13H2,(H,24,27)(H,25,26).